The number of hydrogen-bond donors (Lipinski definition) is 2. The predicted octanol–water partition coefficient (Wildman–Crippen LogP) is -0.834. The number of benzene rings is 2. The minimum Gasteiger partial charge on any atom is -1.00 e. The first-order valence-electron chi connectivity index (χ1n) is 8.54. The van der Waals surface area contributed by atoms with E-state index in [1.807, 2.05) is 36.4 Å². The second-order valence-corrected chi connectivity index (χ2v) is 6.91. The summed E-state index contributed by atoms with van der Waals surface area (Å²) in [6.45, 7) is 2.99. The van der Waals surface area contributed by atoms with Crippen molar-refractivity contribution in [2.45, 2.75) is 19.4 Å². The van der Waals surface area contributed by atoms with Gasteiger partial charge in [-0.15, -0.1) is 0 Å². The molecule has 1 fully saturated rings. The van der Waals surface area contributed by atoms with Crippen LogP contribution in [0.1, 0.15) is 21.3 Å². The van der Waals surface area contributed by atoms with Gasteiger partial charge < -0.3 is 35.2 Å². The Balaban J connectivity index is 0.00000196. The van der Waals surface area contributed by atoms with Gasteiger partial charge in [0.15, 0.2) is 0 Å². The molecule has 7 heteroatoms. The quantitative estimate of drug-likeness (QED) is 0.535. The molecular formula is C20H22Cl3N3O. The van der Waals surface area contributed by atoms with Gasteiger partial charge in [0.25, 0.3) is 0 Å². The Hall–Kier alpha value is -1.72. The van der Waals surface area contributed by atoms with Crippen LogP contribution in [0, 0.1) is 0 Å². The van der Waals surface area contributed by atoms with Crippen LogP contribution in [0.2, 0.25) is 5.02 Å². The van der Waals surface area contributed by atoms with Crippen LogP contribution in [0.25, 0.3) is 10.9 Å². The highest BCUT2D eigenvalue weighted by Crippen LogP contribution is 2.30. The molecule has 2 aromatic carbocycles. The largest absolute Gasteiger partial charge is 1.00 e. The number of likely N-dealkylation sites (tertiary alicyclic amines) is 1. The molecular weight excluding hydrogens is 405 g/mol. The summed E-state index contributed by atoms with van der Waals surface area (Å²) in [5.41, 5.74) is 3.73. The summed E-state index contributed by atoms with van der Waals surface area (Å²) >= 11 is 6.06. The Labute approximate surface area is 179 Å². The molecule has 4 nitrogen and oxygen atoms in total. The minimum absolute atomic E-state index is 0. The fourth-order valence-electron chi connectivity index (χ4n) is 3.36. The summed E-state index contributed by atoms with van der Waals surface area (Å²) in [6, 6.07) is 13.3. The first-order valence-corrected chi connectivity index (χ1v) is 8.92. The molecule has 1 saturated heterocycles. The summed E-state index contributed by atoms with van der Waals surface area (Å²) in [6.07, 6.45) is 4.25. The van der Waals surface area contributed by atoms with Crippen LogP contribution >= 0.6 is 11.6 Å². The number of fused-ring (bicyclic) bond motifs is 1. The van der Waals surface area contributed by atoms with Gasteiger partial charge in [-0.1, -0.05) is 11.6 Å². The highest BCUT2D eigenvalue weighted by atomic mass is 35.5. The fourth-order valence-corrected chi connectivity index (χ4v) is 3.52. The van der Waals surface area contributed by atoms with Crippen molar-refractivity contribution in [1.29, 1.82) is 0 Å². The number of nitrogens with one attached hydrogen (secondary N) is 1. The predicted molar refractivity (Wildman–Crippen MR) is 105 cm³/mol. The zero-order chi connectivity index (χ0) is 17.2. The zero-order valence-corrected chi connectivity index (χ0v) is 16.9. The van der Waals surface area contributed by atoms with E-state index < -0.39 is 0 Å². The SMILES string of the molecule is Oc1ccc(Nc2ccnc3cc(Cl)ccc23)cc1CN1CCCC1.[Cl-].[Cl-].[H+].[H+]. The van der Waals surface area contributed by atoms with E-state index in [9.17, 15) is 5.11 Å². The van der Waals surface area contributed by atoms with E-state index in [-0.39, 0.29) is 27.7 Å². The van der Waals surface area contributed by atoms with Crippen LogP contribution < -0.4 is 30.1 Å². The van der Waals surface area contributed by atoms with E-state index in [2.05, 4.69) is 15.2 Å². The van der Waals surface area contributed by atoms with Crippen molar-refractivity contribution in [3.05, 3.63) is 59.2 Å². The van der Waals surface area contributed by atoms with Gasteiger partial charge in [0, 0.05) is 40.1 Å². The second-order valence-electron chi connectivity index (χ2n) is 6.47. The first kappa shape index (κ1) is 21.6. The number of phenolic OH excluding ortho intramolecular Hbond substituents is 1. The number of phenols is 1. The number of pyridine rings is 1. The Morgan fingerprint density at radius 1 is 1.07 bits per heavy atom. The Morgan fingerprint density at radius 3 is 2.63 bits per heavy atom. The lowest BCUT2D eigenvalue weighted by Gasteiger charge is -2.17. The Morgan fingerprint density at radius 2 is 1.85 bits per heavy atom. The molecule has 0 saturated carbocycles. The van der Waals surface area contributed by atoms with E-state index in [0.717, 1.165) is 47.5 Å². The maximum absolute atomic E-state index is 10.2. The third-order valence-corrected chi connectivity index (χ3v) is 4.89. The number of nitrogens with zero attached hydrogens (tertiary/aromatic N) is 2. The maximum Gasteiger partial charge on any atom is 1.00 e. The van der Waals surface area contributed by atoms with E-state index in [4.69, 9.17) is 11.6 Å². The minimum atomic E-state index is 0. The lowest BCUT2D eigenvalue weighted by molar-refractivity contribution is -0.001000. The molecule has 2 N–H and O–H groups in total. The van der Waals surface area contributed by atoms with Crippen LogP contribution in [0.15, 0.2) is 48.7 Å². The van der Waals surface area contributed by atoms with Crippen molar-refractivity contribution in [3.63, 3.8) is 0 Å². The lowest BCUT2D eigenvalue weighted by Crippen LogP contribution is -3.00. The lowest BCUT2D eigenvalue weighted by atomic mass is 10.1. The van der Waals surface area contributed by atoms with Gasteiger partial charge in [0.1, 0.15) is 5.75 Å². The number of anilines is 2. The number of aromatic hydroxyl groups is 1. The first-order chi connectivity index (χ1) is 12.2. The van der Waals surface area contributed by atoms with Crippen molar-refractivity contribution >= 4 is 33.9 Å². The molecule has 0 aliphatic carbocycles. The van der Waals surface area contributed by atoms with E-state index in [1.165, 1.54) is 12.8 Å². The smallest absolute Gasteiger partial charge is 1.00 e. The van der Waals surface area contributed by atoms with Crippen molar-refractivity contribution in [2.24, 2.45) is 0 Å². The summed E-state index contributed by atoms with van der Waals surface area (Å²) in [5.74, 6) is 0.351. The molecule has 4 rings (SSSR count). The summed E-state index contributed by atoms with van der Waals surface area (Å²) in [4.78, 5) is 6.75. The molecule has 0 spiro atoms. The van der Waals surface area contributed by atoms with Gasteiger partial charge in [0.2, 0.25) is 0 Å². The second kappa shape index (κ2) is 9.47. The van der Waals surface area contributed by atoms with Gasteiger partial charge in [-0.25, -0.2) is 0 Å². The summed E-state index contributed by atoms with van der Waals surface area (Å²) in [5, 5.41) is 15.3. The number of rotatable bonds is 4. The van der Waals surface area contributed by atoms with Crippen LogP contribution in [-0.2, 0) is 6.54 Å². The third kappa shape index (κ3) is 4.96. The Kier molecular flexibility index (Phi) is 7.57. The van der Waals surface area contributed by atoms with Crippen LogP contribution in [0.3, 0.4) is 0 Å². The molecule has 2 heterocycles. The monoisotopic (exact) mass is 425 g/mol. The average Bonchev–Trinajstić information content (AvgIpc) is 3.11. The summed E-state index contributed by atoms with van der Waals surface area (Å²) in [7, 11) is 0. The van der Waals surface area contributed by atoms with Crippen LogP contribution in [0.4, 0.5) is 11.4 Å². The highest BCUT2D eigenvalue weighted by molar-refractivity contribution is 6.31. The van der Waals surface area contributed by atoms with Crippen molar-refractivity contribution in [2.75, 3.05) is 18.4 Å². The standard InChI is InChI=1S/C20H20ClN3O.2ClH/c21-15-3-5-17-18(7-8-22-19(17)12-15)23-16-4-6-20(25)14(11-16)13-24-9-1-2-10-24;;/h3-8,11-12,25H,1-2,9-10,13H2,(H,22,23);2*1H. The van der Waals surface area contributed by atoms with Crippen molar-refractivity contribution in [3.8, 4) is 5.75 Å². The molecule has 0 bridgehead atoms. The molecule has 0 radical (unpaired) electrons. The van der Waals surface area contributed by atoms with Crippen LogP contribution in [0.5, 0.6) is 5.75 Å². The van der Waals surface area contributed by atoms with Crippen molar-refractivity contribution < 1.29 is 32.8 Å². The van der Waals surface area contributed by atoms with E-state index >= 15 is 0 Å². The molecule has 1 aliphatic rings. The Bertz CT molecular complexity index is 925. The van der Waals surface area contributed by atoms with Gasteiger partial charge >= 0.3 is 2.85 Å². The van der Waals surface area contributed by atoms with Crippen molar-refractivity contribution in [1.82, 2.24) is 9.88 Å². The van der Waals surface area contributed by atoms with E-state index in [0.29, 0.717) is 10.8 Å². The molecule has 0 unspecified atom stereocenters. The topological polar surface area (TPSA) is 48.4 Å². The number of halogens is 3. The fraction of sp³-hybridized carbons (Fsp3) is 0.250. The number of hydrogen-bond acceptors (Lipinski definition) is 4. The molecule has 0 atom stereocenters. The molecule has 3 aromatic rings. The third-order valence-electron chi connectivity index (χ3n) is 4.66. The maximum atomic E-state index is 10.2. The van der Waals surface area contributed by atoms with Gasteiger partial charge in [0.05, 0.1) is 5.52 Å². The normalized spacial score (nSPS) is 13.8. The van der Waals surface area contributed by atoms with Gasteiger partial charge in [-0.3, -0.25) is 9.88 Å². The number of aromatic nitrogens is 1. The zero-order valence-electron chi connectivity index (χ0n) is 16.6. The van der Waals surface area contributed by atoms with Crippen LogP contribution in [-0.4, -0.2) is 28.1 Å². The molecule has 1 aromatic heterocycles. The average molecular weight is 427 g/mol. The van der Waals surface area contributed by atoms with Gasteiger partial charge in [-0.2, -0.15) is 0 Å². The molecule has 27 heavy (non-hydrogen) atoms. The molecule has 1 aliphatic heterocycles. The van der Waals surface area contributed by atoms with Gasteiger partial charge in [-0.05, 0) is 68.4 Å². The summed E-state index contributed by atoms with van der Waals surface area (Å²) < 4.78 is 0. The molecule has 144 valence electrons. The van der Waals surface area contributed by atoms with E-state index in [1.54, 1.807) is 12.3 Å². The highest BCUT2D eigenvalue weighted by Gasteiger charge is 2.14. The molecule has 0 amide bonds.